The molecule has 0 amide bonds. The smallest absolute Gasteiger partial charge is 0.0985 e. The zero-order valence-corrected chi connectivity index (χ0v) is 15.5. The van der Waals surface area contributed by atoms with E-state index in [4.69, 9.17) is 0 Å². The number of fused-ring (bicyclic) bond motifs is 5. The van der Waals surface area contributed by atoms with E-state index in [0.717, 1.165) is 23.1 Å². The lowest BCUT2D eigenvalue weighted by Gasteiger charge is -2.29. The van der Waals surface area contributed by atoms with E-state index in [1.807, 2.05) is 25.3 Å². The summed E-state index contributed by atoms with van der Waals surface area (Å²) in [4.78, 5) is 4.02. The quantitative estimate of drug-likeness (QED) is 0.530. The van der Waals surface area contributed by atoms with Crippen LogP contribution in [0, 0.1) is 11.8 Å². The third-order valence-electron chi connectivity index (χ3n) is 5.79. The second-order valence-electron chi connectivity index (χ2n) is 7.36. The van der Waals surface area contributed by atoms with Gasteiger partial charge in [0.05, 0.1) is 17.8 Å². The van der Waals surface area contributed by atoms with E-state index < -0.39 is 0 Å². The minimum atomic E-state index is 0.432. The van der Waals surface area contributed by atoms with Crippen molar-refractivity contribution < 1.29 is 0 Å². The molecule has 2 aliphatic carbocycles. The van der Waals surface area contributed by atoms with Gasteiger partial charge >= 0.3 is 0 Å². The number of allylic oxidation sites excluding steroid dienone is 5. The molecule has 4 heteroatoms. The zero-order chi connectivity index (χ0) is 17.9. The van der Waals surface area contributed by atoms with Crippen molar-refractivity contribution in [3.63, 3.8) is 0 Å². The lowest BCUT2D eigenvalue weighted by molar-refractivity contribution is 0.383. The molecule has 1 heterocycles. The van der Waals surface area contributed by atoms with Gasteiger partial charge in [0.25, 0.3) is 0 Å². The molecule has 1 aliphatic heterocycles. The molecule has 0 saturated heterocycles. The summed E-state index contributed by atoms with van der Waals surface area (Å²) in [6, 6.07) is 9.57. The second kappa shape index (κ2) is 7.40. The van der Waals surface area contributed by atoms with Gasteiger partial charge in [0.2, 0.25) is 0 Å². The summed E-state index contributed by atoms with van der Waals surface area (Å²) in [5.74, 6) is 1.54. The first-order valence-corrected chi connectivity index (χ1v) is 9.53. The maximum Gasteiger partial charge on any atom is 0.0985 e. The molecule has 2 fully saturated rings. The molecule has 0 N–H and O–H groups in total. The summed E-state index contributed by atoms with van der Waals surface area (Å²) in [5, 5.41) is 11.3. The van der Waals surface area contributed by atoms with Crippen LogP contribution in [0.4, 0.5) is 5.69 Å². The molecule has 0 spiro atoms. The largest absolute Gasteiger partial charge is 0.296 e. The van der Waals surface area contributed by atoms with Crippen molar-refractivity contribution in [2.75, 3.05) is 12.1 Å². The summed E-state index contributed by atoms with van der Waals surface area (Å²) < 4.78 is 0. The third-order valence-corrected chi connectivity index (χ3v) is 5.79. The van der Waals surface area contributed by atoms with Crippen LogP contribution in [0.5, 0.6) is 0 Å². The SMILES string of the molecule is C\C=C/C(/C=C/c1ccc(N2N=NC3C4CCC(C4)C32)cc1)=C\C=N\C. The van der Waals surface area contributed by atoms with Gasteiger partial charge in [-0.1, -0.05) is 41.7 Å². The van der Waals surface area contributed by atoms with E-state index >= 15 is 0 Å². The van der Waals surface area contributed by atoms with Gasteiger partial charge in [-0.2, -0.15) is 5.11 Å². The minimum Gasteiger partial charge on any atom is -0.296 e. The van der Waals surface area contributed by atoms with Crippen LogP contribution in [0.15, 0.2) is 69.5 Å². The number of nitrogens with zero attached hydrogens (tertiary/aromatic N) is 4. The normalized spacial score (nSPS) is 30.5. The molecule has 2 saturated carbocycles. The standard InChI is InChI=1S/C22H26N4/c1-3-4-16(13-14-23-2)5-6-17-7-11-20(12-8-17)26-22-19-10-9-18(15-19)21(22)24-25-26/h3-8,11-14,18-19,21-22H,9-10,15H2,1-2H3/b4-3-,6-5+,16-13+,23-14+. The Morgan fingerprint density at radius 3 is 2.73 bits per heavy atom. The maximum absolute atomic E-state index is 4.58. The molecule has 4 nitrogen and oxygen atoms in total. The fourth-order valence-corrected chi connectivity index (χ4v) is 4.59. The highest BCUT2D eigenvalue weighted by Gasteiger charge is 2.53. The van der Waals surface area contributed by atoms with Gasteiger partial charge in [-0.25, -0.2) is 5.01 Å². The van der Waals surface area contributed by atoms with Crippen LogP contribution in [0.2, 0.25) is 0 Å². The monoisotopic (exact) mass is 346 g/mol. The van der Waals surface area contributed by atoms with Crippen LogP contribution in [-0.4, -0.2) is 25.3 Å². The lowest BCUT2D eigenvalue weighted by Crippen LogP contribution is -2.39. The highest BCUT2D eigenvalue weighted by Crippen LogP contribution is 2.51. The van der Waals surface area contributed by atoms with Gasteiger partial charge in [-0.15, -0.1) is 0 Å². The maximum atomic E-state index is 4.58. The molecule has 3 aliphatic rings. The van der Waals surface area contributed by atoms with Gasteiger partial charge in [0.15, 0.2) is 0 Å². The van der Waals surface area contributed by atoms with Crippen molar-refractivity contribution in [2.24, 2.45) is 27.2 Å². The number of benzene rings is 1. The first kappa shape index (κ1) is 17.0. The Bertz CT molecular complexity index is 785. The molecule has 4 unspecified atom stereocenters. The fourth-order valence-electron chi connectivity index (χ4n) is 4.59. The topological polar surface area (TPSA) is 40.3 Å². The Balaban J connectivity index is 1.47. The van der Waals surface area contributed by atoms with Crippen LogP contribution in [0.3, 0.4) is 0 Å². The number of hydrogen-bond acceptors (Lipinski definition) is 4. The van der Waals surface area contributed by atoms with Crippen molar-refractivity contribution in [1.82, 2.24) is 0 Å². The fraction of sp³-hybridized carbons (Fsp3) is 0.409. The molecule has 26 heavy (non-hydrogen) atoms. The number of anilines is 1. The number of rotatable bonds is 5. The van der Waals surface area contributed by atoms with Gasteiger partial charge in [0.1, 0.15) is 0 Å². The van der Waals surface area contributed by atoms with Gasteiger partial charge in [0, 0.05) is 13.3 Å². The van der Waals surface area contributed by atoms with Gasteiger partial charge in [-0.05, 0) is 67.4 Å². The van der Waals surface area contributed by atoms with Crippen molar-refractivity contribution in [2.45, 2.75) is 38.3 Å². The van der Waals surface area contributed by atoms with E-state index in [2.05, 4.69) is 62.8 Å². The van der Waals surface area contributed by atoms with Crippen molar-refractivity contribution >= 4 is 18.0 Å². The van der Waals surface area contributed by atoms with Crippen LogP contribution < -0.4 is 5.01 Å². The Morgan fingerprint density at radius 2 is 1.96 bits per heavy atom. The highest BCUT2D eigenvalue weighted by molar-refractivity contribution is 5.75. The molecular weight excluding hydrogens is 320 g/mol. The van der Waals surface area contributed by atoms with E-state index in [-0.39, 0.29) is 0 Å². The van der Waals surface area contributed by atoms with Gasteiger partial charge in [-0.3, -0.25) is 4.99 Å². The van der Waals surface area contributed by atoms with Crippen molar-refractivity contribution in [3.8, 4) is 0 Å². The number of hydrogen-bond donors (Lipinski definition) is 0. The summed E-state index contributed by atoms with van der Waals surface area (Å²) in [6.45, 7) is 2.02. The van der Waals surface area contributed by atoms with Crippen LogP contribution in [0.25, 0.3) is 6.08 Å². The predicted octanol–water partition coefficient (Wildman–Crippen LogP) is 5.26. The molecule has 1 aromatic rings. The minimum absolute atomic E-state index is 0.432. The second-order valence-corrected chi connectivity index (χ2v) is 7.36. The molecule has 4 rings (SSSR count). The average Bonchev–Trinajstić information content (AvgIpc) is 3.38. The Hall–Kier alpha value is -2.49. The average molecular weight is 346 g/mol. The third kappa shape index (κ3) is 3.16. The molecule has 1 aromatic carbocycles. The summed E-state index contributed by atoms with van der Waals surface area (Å²) in [6.07, 6.45) is 16.2. The Labute approximate surface area is 155 Å². The molecule has 0 aromatic heterocycles. The van der Waals surface area contributed by atoms with Crippen LogP contribution in [-0.2, 0) is 0 Å². The molecule has 2 bridgehead atoms. The first-order valence-electron chi connectivity index (χ1n) is 9.53. The first-order chi connectivity index (χ1) is 12.8. The zero-order valence-electron chi connectivity index (χ0n) is 15.5. The summed E-state index contributed by atoms with van der Waals surface area (Å²) in [7, 11) is 1.78. The molecule has 134 valence electrons. The lowest BCUT2D eigenvalue weighted by atomic mass is 9.91. The molecule has 4 atom stereocenters. The van der Waals surface area contributed by atoms with Crippen LogP contribution >= 0.6 is 0 Å². The van der Waals surface area contributed by atoms with Crippen molar-refractivity contribution in [3.05, 3.63) is 59.7 Å². The van der Waals surface area contributed by atoms with E-state index in [0.29, 0.717) is 12.1 Å². The van der Waals surface area contributed by atoms with Crippen molar-refractivity contribution in [1.29, 1.82) is 0 Å². The highest BCUT2D eigenvalue weighted by atomic mass is 15.6. The van der Waals surface area contributed by atoms with Crippen LogP contribution in [0.1, 0.15) is 31.7 Å². The van der Waals surface area contributed by atoms with E-state index in [1.165, 1.54) is 24.8 Å². The van der Waals surface area contributed by atoms with E-state index in [1.54, 1.807) is 7.05 Å². The summed E-state index contributed by atoms with van der Waals surface area (Å²) in [5.41, 5.74) is 3.46. The Kier molecular flexibility index (Phi) is 4.83. The van der Waals surface area contributed by atoms with Gasteiger partial charge < -0.3 is 0 Å². The molecule has 0 radical (unpaired) electrons. The molecular formula is C22H26N4. The number of aliphatic imine (C=N–C) groups is 1. The predicted molar refractivity (Wildman–Crippen MR) is 109 cm³/mol. The van der Waals surface area contributed by atoms with E-state index in [9.17, 15) is 0 Å². The summed E-state index contributed by atoms with van der Waals surface area (Å²) >= 11 is 0. The Morgan fingerprint density at radius 1 is 1.15 bits per heavy atom.